The van der Waals surface area contributed by atoms with E-state index in [2.05, 4.69) is 5.32 Å². The van der Waals surface area contributed by atoms with Crippen LogP contribution in [-0.4, -0.2) is 22.5 Å². The predicted molar refractivity (Wildman–Crippen MR) is 108 cm³/mol. The Balaban J connectivity index is 2.07. The van der Waals surface area contributed by atoms with Crippen LogP contribution in [0.3, 0.4) is 0 Å². The van der Waals surface area contributed by atoms with Gasteiger partial charge in [0, 0.05) is 5.56 Å². The van der Waals surface area contributed by atoms with Gasteiger partial charge in [0.25, 0.3) is 5.91 Å². The molecule has 1 amide bonds. The fourth-order valence-electron chi connectivity index (χ4n) is 2.83. The number of carboxylic acid groups (broad SMARTS) is 1. The Morgan fingerprint density at radius 2 is 1.64 bits per heavy atom. The first-order valence-corrected chi connectivity index (χ1v) is 8.79. The highest BCUT2D eigenvalue weighted by Crippen LogP contribution is 2.25. The number of carbonyl (C=O) groups excluding carboxylic acids is 1. The number of hydrogen-bond acceptors (Lipinski definition) is 2. The lowest BCUT2D eigenvalue weighted by Gasteiger charge is -2.22. The third-order valence-electron chi connectivity index (χ3n) is 4.49. The lowest BCUT2D eigenvalue weighted by Crippen LogP contribution is -2.49. The van der Waals surface area contributed by atoms with Crippen molar-refractivity contribution in [3.05, 3.63) is 83.2 Å². The molecule has 0 spiro atoms. The standard InChI is InChI=1S/C23H20FNO3/c1-23(2,22(27)28)25-21(26)20-14-10-16-5-3-4-6-18(16)19(20)13-9-15-7-11-17(24)12-8-15/h3-14H,1-2H3,(H,25,26)(H,27,28). The summed E-state index contributed by atoms with van der Waals surface area (Å²) >= 11 is 0. The van der Waals surface area contributed by atoms with Gasteiger partial charge in [0.1, 0.15) is 11.4 Å². The second-order valence-corrected chi connectivity index (χ2v) is 7.02. The molecule has 0 aliphatic carbocycles. The summed E-state index contributed by atoms with van der Waals surface area (Å²) < 4.78 is 13.1. The fraction of sp³-hybridized carbons (Fsp3) is 0.130. The summed E-state index contributed by atoms with van der Waals surface area (Å²) in [6.45, 7) is 2.87. The van der Waals surface area contributed by atoms with Gasteiger partial charge in [-0.1, -0.05) is 54.6 Å². The number of aliphatic carboxylic acids is 1. The van der Waals surface area contributed by atoms with Gasteiger partial charge in [-0.25, -0.2) is 9.18 Å². The van der Waals surface area contributed by atoms with Crippen LogP contribution in [0.15, 0.2) is 60.7 Å². The van der Waals surface area contributed by atoms with Crippen LogP contribution in [0.2, 0.25) is 0 Å². The second-order valence-electron chi connectivity index (χ2n) is 7.02. The number of carbonyl (C=O) groups is 2. The molecule has 2 N–H and O–H groups in total. The number of hydrogen-bond donors (Lipinski definition) is 2. The number of halogens is 1. The minimum atomic E-state index is -1.40. The van der Waals surface area contributed by atoms with Crippen molar-refractivity contribution in [2.75, 3.05) is 0 Å². The molecule has 3 aromatic rings. The highest BCUT2D eigenvalue weighted by Gasteiger charge is 2.30. The van der Waals surface area contributed by atoms with Gasteiger partial charge in [-0.2, -0.15) is 0 Å². The Morgan fingerprint density at radius 1 is 0.964 bits per heavy atom. The number of amides is 1. The Hall–Kier alpha value is -3.47. The third kappa shape index (κ3) is 4.09. The molecule has 4 nitrogen and oxygen atoms in total. The summed E-state index contributed by atoms with van der Waals surface area (Å²) in [5.74, 6) is -1.92. The van der Waals surface area contributed by atoms with Crippen molar-refractivity contribution in [1.82, 2.24) is 5.32 Å². The summed E-state index contributed by atoms with van der Waals surface area (Å²) in [6.07, 6.45) is 3.58. The maximum absolute atomic E-state index is 13.1. The van der Waals surface area contributed by atoms with Crippen LogP contribution in [0.4, 0.5) is 4.39 Å². The molecular weight excluding hydrogens is 357 g/mol. The first-order chi connectivity index (χ1) is 13.3. The van der Waals surface area contributed by atoms with Crippen molar-refractivity contribution in [3.63, 3.8) is 0 Å². The maximum atomic E-state index is 13.1. The van der Waals surface area contributed by atoms with E-state index in [9.17, 15) is 19.1 Å². The molecule has 142 valence electrons. The molecule has 0 aliphatic heterocycles. The minimum Gasteiger partial charge on any atom is -0.480 e. The SMILES string of the molecule is CC(C)(NC(=O)c1ccc2ccccc2c1C=Cc1ccc(F)cc1)C(=O)O. The number of carboxylic acids is 1. The average molecular weight is 377 g/mol. The van der Waals surface area contributed by atoms with Gasteiger partial charge in [-0.3, -0.25) is 4.79 Å². The van der Waals surface area contributed by atoms with Crippen LogP contribution in [0, 0.1) is 5.82 Å². The number of benzene rings is 3. The van der Waals surface area contributed by atoms with Crippen LogP contribution >= 0.6 is 0 Å². The largest absolute Gasteiger partial charge is 0.480 e. The summed E-state index contributed by atoms with van der Waals surface area (Å²) in [6, 6.07) is 17.1. The lowest BCUT2D eigenvalue weighted by atomic mass is 9.96. The zero-order chi connectivity index (χ0) is 20.3. The van der Waals surface area contributed by atoms with E-state index in [-0.39, 0.29) is 5.82 Å². The molecule has 0 aliphatic rings. The van der Waals surface area contributed by atoms with Crippen LogP contribution in [0.25, 0.3) is 22.9 Å². The first kappa shape index (κ1) is 19.3. The van der Waals surface area contributed by atoms with E-state index in [1.165, 1.54) is 26.0 Å². The summed E-state index contributed by atoms with van der Waals surface area (Å²) in [4.78, 5) is 24.2. The molecule has 3 rings (SSSR count). The van der Waals surface area contributed by atoms with Crippen molar-refractivity contribution in [3.8, 4) is 0 Å². The second kappa shape index (κ2) is 7.64. The van der Waals surface area contributed by atoms with Gasteiger partial charge in [0.05, 0.1) is 0 Å². The number of nitrogens with one attached hydrogen (secondary N) is 1. The monoisotopic (exact) mass is 377 g/mol. The number of rotatable bonds is 5. The predicted octanol–water partition coefficient (Wildman–Crippen LogP) is 4.74. The normalized spacial score (nSPS) is 11.7. The van der Waals surface area contributed by atoms with E-state index in [4.69, 9.17) is 0 Å². The van der Waals surface area contributed by atoms with Crippen molar-refractivity contribution in [2.24, 2.45) is 0 Å². The van der Waals surface area contributed by atoms with Gasteiger partial charge in [-0.05, 0) is 53.9 Å². The highest BCUT2D eigenvalue weighted by atomic mass is 19.1. The van der Waals surface area contributed by atoms with Gasteiger partial charge in [-0.15, -0.1) is 0 Å². The van der Waals surface area contributed by atoms with Gasteiger partial charge < -0.3 is 10.4 Å². The lowest BCUT2D eigenvalue weighted by molar-refractivity contribution is -0.143. The molecule has 0 bridgehead atoms. The van der Waals surface area contributed by atoms with Crippen molar-refractivity contribution in [1.29, 1.82) is 0 Å². The van der Waals surface area contributed by atoms with E-state index in [0.29, 0.717) is 11.1 Å². The van der Waals surface area contributed by atoms with E-state index < -0.39 is 17.4 Å². The molecular formula is C23H20FNO3. The minimum absolute atomic E-state index is 0.321. The van der Waals surface area contributed by atoms with E-state index in [1.54, 1.807) is 30.4 Å². The molecule has 0 atom stereocenters. The Kier molecular flexibility index (Phi) is 5.27. The van der Waals surface area contributed by atoms with Crippen molar-refractivity contribution >= 4 is 34.8 Å². The van der Waals surface area contributed by atoms with Crippen LogP contribution < -0.4 is 5.32 Å². The molecule has 28 heavy (non-hydrogen) atoms. The average Bonchev–Trinajstić information content (AvgIpc) is 2.66. The molecule has 0 heterocycles. The zero-order valence-electron chi connectivity index (χ0n) is 15.6. The quantitative estimate of drug-likeness (QED) is 0.631. The first-order valence-electron chi connectivity index (χ1n) is 8.79. The van der Waals surface area contributed by atoms with Crippen LogP contribution in [-0.2, 0) is 4.79 Å². The van der Waals surface area contributed by atoms with E-state index in [1.807, 2.05) is 30.3 Å². The van der Waals surface area contributed by atoms with Gasteiger partial charge in [0.2, 0.25) is 0 Å². The summed E-state index contributed by atoms with van der Waals surface area (Å²) in [5, 5.41) is 13.7. The molecule has 0 fully saturated rings. The van der Waals surface area contributed by atoms with E-state index in [0.717, 1.165) is 16.3 Å². The van der Waals surface area contributed by atoms with Gasteiger partial charge >= 0.3 is 5.97 Å². The molecule has 5 heteroatoms. The highest BCUT2D eigenvalue weighted by molar-refractivity contribution is 6.07. The summed E-state index contributed by atoms with van der Waals surface area (Å²) in [5.41, 5.74) is 0.416. The smallest absolute Gasteiger partial charge is 0.328 e. The molecule has 3 aromatic carbocycles. The topological polar surface area (TPSA) is 66.4 Å². The molecule has 0 saturated heterocycles. The molecule has 0 saturated carbocycles. The Morgan fingerprint density at radius 3 is 2.32 bits per heavy atom. The van der Waals surface area contributed by atoms with Crippen molar-refractivity contribution in [2.45, 2.75) is 19.4 Å². The van der Waals surface area contributed by atoms with E-state index >= 15 is 0 Å². The Bertz CT molecular complexity index is 1070. The fourth-order valence-corrected chi connectivity index (χ4v) is 2.83. The molecule has 0 unspecified atom stereocenters. The molecule has 0 aromatic heterocycles. The summed E-state index contributed by atoms with van der Waals surface area (Å²) in [7, 11) is 0. The zero-order valence-corrected chi connectivity index (χ0v) is 15.6. The molecule has 0 radical (unpaired) electrons. The van der Waals surface area contributed by atoms with Gasteiger partial charge in [0.15, 0.2) is 0 Å². The van der Waals surface area contributed by atoms with Crippen LogP contribution in [0.5, 0.6) is 0 Å². The number of fused-ring (bicyclic) bond motifs is 1. The maximum Gasteiger partial charge on any atom is 0.328 e. The van der Waals surface area contributed by atoms with Crippen LogP contribution in [0.1, 0.15) is 35.3 Å². The third-order valence-corrected chi connectivity index (χ3v) is 4.49. The Labute approximate surface area is 162 Å². The van der Waals surface area contributed by atoms with Crippen molar-refractivity contribution < 1.29 is 19.1 Å².